The fraction of sp³-hybridized carbons (Fsp3) is 0.361. The number of nitrogen functional groups attached to an aromatic ring is 1. The number of hydrogen-bond donors (Lipinski definition) is 2. The third-order valence-electron chi connectivity index (χ3n) is 9.50. The number of halogens is 3. The number of anilines is 3. The standard InChI is InChI=1S/C36H38F3N5/c37-36(38,39)26-12-15-28(16-13-26)44-20-18-43(19-21-44)23-25-6-1-2-9-29(25)35(24-7-5-8-24)41-27-14-17-33-31(22-27)34(40)30-10-3-4-11-32(30)42-33/h1-2,6,9,12-17,22,41H,3-5,7-8,10-11,18-21,23H2,(H2,40,42). The number of allylic oxidation sites excluding steroid dienone is 1. The first-order valence-electron chi connectivity index (χ1n) is 15.8. The zero-order valence-corrected chi connectivity index (χ0v) is 24.9. The number of pyridine rings is 1. The van der Waals surface area contributed by atoms with Gasteiger partial charge in [0.15, 0.2) is 0 Å². The molecule has 0 unspecified atom stereocenters. The molecular formula is C36H38F3N5. The monoisotopic (exact) mass is 597 g/mol. The molecule has 0 spiro atoms. The SMILES string of the molecule is Nc1c2c(nc3ccc(NC(=C4CCC4)c4ccccc4CN4CCN(c5ccc(C(F)(F)F)cc5)CC4)cc13)CCCC2. The summed E-state index contributed by atoms with van der Waals surface area (Å²) in [5.74, 6) is 0. The van der Waals surface area contributed by atoms with Crippen LogP contribution in [0.1, 0.15) is 60.1 Å². The molecule has 2 heterocycles. The smallest absolute Gasteiger partial charge is 0.398 e. The molecule has 44 heavy (non-hydrogen) atoms. The highest BCUT2D eigenvalue weighted by molar-refractivity contribution is 5.96. The average molecular weight is 598 g/mol. The Morgan fingerprint density at radius 3 is 2.32 bits per heavy atom. The Balaban J connectivity index is 1.09. The van der Waals surface area contributed by atoms with Gasteiger partial charge in [0.25, 0.3) is 0 Å². The van der Waals surface area contributed by atoms with Crippen molar-refractivity contribution < 1.29 is 13.2 Å². The van der Waals surface area contributed by atoms with Gasteiger partial charge in [0.2, 0.25) is 0 Å². The fourth-order valence-electron chi connectivity index (χ4n) is 6.80. The Labute approximate surface area is 256 Å². The number of hydrogen-bond acceptors (Lipinski definition) is 5. The maximum absolute atomic E-state index is 13.0. The van der Waals surface area contributed by atoms with Crippen molar-refractivity contribution in [1.29, 1.82) is 0 Å². The van der Waals surface area contributed by atoms with Crippen LogP contribution < -0.4 is 16.0 Å². The van der Waals surface area contributed by atoms with Gasteiger partial charge in [-0.3, -0.25) is 9.88 Å². The maximum Gasteiger partial charge on any atom is 0.416 e. The summed E-state index contributed by atoms with van der Waals surface area (Å²) in [5, 5.41) is 4.83. The van der Waals surface area contributed by atoms with Gasteiger partial charge in [-0.1, -0.05) is 24.3 Å². The topological polar surface area (TPSA) is 57.4 Å². The molecule has 0 amide bonds. The Morgan fingerprint density at radius 2 is 1.59 bits per heavy atom. The van der Waals surface area contributed by atoms with Crippen LogP contribution in [0.4, 0.5) is 30.2 Å². The highest BCUT2D eigenvalue weighted by Gasteiger charge is 2.30. The highest BCUT2D eigenvalue weighted by Crippen LogP contribution is 2.38. The Bertz CT molecular complexity index is 1700. The summed E-state index contributed by atoms with van der Waals surface area (Å²) in [6.45, 7) is 4.05. The molecule has 4 aromatic rings. The lowest BCUT2D eigenvalue weighted by Crippen LogP contribution is -2.46. The Kier molecular flexibility index (Phi) is 7.70. The van der Waals surface area contributed by atoms with Crippen LogP contribution in [0.2, 0.25) is 0 Å². The molecule has 0 atom stereocenters. The lowest BCUT2D eigenvalue weighted by atomic mass is 9.87. The third-order valence-corrected chi connectivity index (χ3v) is 9.50. The van der Waals surface area contributed by atoms with Gasteiger partial charge in [0.1, 0.15) is 0 Å². The van der Waals surface area contributed by atoms with Crippen molar-refractivity contribution >= 4 is 33.7 Å². The molecule has 3 N–H and O–H groups in total. The molecule has 0 radical (unpaired) electrons. The van der Waals surface area contributed by atoms with E-state index in [0.717, 1.165) is 92.1 Å². The first kappa shape index (κ1) is 28.7. The largest absolute Gasteiger partial charge is 0.416 e. The van der Waals surface area contributed by atoms with Crippen molar-refractivity contribution in [3.8, 4) is 0 Å². The third kappa shape index (κ3) is 5.75. The number of nitrogens with two attached hydrogens (primary N) is 1. The molecule has 3 aliphatic rings. The van der Waals surface area contributed by atoms with E-state index < -0.39 is 11.7 Å². The van der Waals surface area contributed by atoms with Crippen LogP contribution >= 0.6 is 0 Å². The van der Waals surface area contributed by atoms with Crippen molar-refractivity contribution in [2.45, 2.75) is 57.7 Å². The van der Waals surface area contributed by atoms with Crippen LogP contribution in [0.25, 0.3) is 16.6 Å². The van der Waals surface area contributed by atoms with E-state index in [9.17, 15) is 13.2 Å². The van der Waals surface area contributed by atoms with Crippen LogP contribution in [0.15, 0.2) is 72.3 Å². The molecule has 228 valence electrons. The number of fused-ring (bicyclic) bond motifs is 2. The molecule has 2 aliphatic carbocycles. The van der Waals surface area contributed by atoms with E-state index in [4.69, 9.17) is 10.7 Å². The quantitative estimate of drug-likeness (QED) is 0.236. The zero-order chi connectivity index (χ0) is 30.3. The molecule has 0 bridgehead atoms. The van der Waals surface area contributed by atoms with Crippen molar-refractivity contribution in [1.82, 2.24) is 9.88 Å². The summed E-state index contributed by atoms with van der Waals surface area (Å²) < 4.78 is 39.0. The fourth-order valence-corrected chi connectivity index (χ4v) is 6.80. The molecule has 1 saturated heterocycles. The summed E-state index contributed by atoms with van der Waals surface area (Å²) in [6, 6.07) is 20.5. The first-order valence-corrected chi connectivity index (χ1v) is 15.8. The second-order valence-electron chi connectivity index (χ2n) is 12.3. The summed E-state index contributed by atoms with van der Waals surface area (Å²) >= 11 is 0. The highest BCUT2D eigenvalue weighted by atomic mass is 19.4. The van der Waals surface area contributed by atoms with Crippen molar-refractivity contribution in [2.75, 3.05) is 42.1 Å². The van der Waals surface area contributed by atoms with E-state index in [2.05, 4.69) is 57.6 Å². The van der Waals surface area contributed by atoms with E-state index >= 15 is 0 Å². The number of rotatable bonds is 6. The normalized spacial score (nSPS) is 17.3. The van der Waals surface area contributed by atoms with Crippen molar-refractivity contribution in [3.05, 3.63) is 100 Å². The lowest BCUT2D eigenvalue weighted by Gasteiger charge is -2.36. The number of benzene rings is 3. The van der Waals surface area contributed by atoms with Crippen molar-refractivity contribution in [2.24, 2.45) is 0 Å². The number of piperazine rings is 1. The molecule has 1 aromatic heterocycles. The predicted octanol–water partition coefficient (Wildman–Crippen LogP) is 8.04. The molecular weight excluding hydrogens is 559 g/mol. The molecule has 3 aromatic carbocycles. The molecule has 7 rings (SSSR count). The summed E-state index contributed by atoms with van der Waals surface area (Å²) in [4.78, 5) is 9.57. The van der Waals surface area contributed by atoms with Gasteiger partial charge in [-0.05, 0) is 104 Å². The number of nitrogens with one attached hydrogen (secondary N) is 1. The Morgan fingerprint density at radius 1 is 0.841 bits per heavy atom. The lowest BCUT2D eigenvalue weighted by molar-refractivity contribution is -0.137. The van der Waals surface area contributed by atoms with Gasteiger partial charge < -0.3 is 16.0 Å². The van der Waals surface area contributed by atoms with E-state index in [0.29, 0.717) is 0 Å². The van der Waals surface area contributed by atoms with Gasteiger partial charge in [0, 0.05) is 72.1 Å². The van der Waals surface area contributed by atoms with E-state index in [1.807, 2.05) is 0 Å². The average Bonchev–Trinajstić information content (AvgIpc) is 3.01. The molecule has 8 heteroatoms. The Hall–Kier alpha value is -4.04. The number of aryl methyl sites for hydroxylation is 1. The van der Waals surface area contributed by atoms with Gasteiger partial charge in [-0.25, -0.2) is 0 Å². The van der Waals surface area contributed by atoms with E-state index in [1.54, 1.807) is 12.1 Å². The van der Waals surface area contributed by atoms with E-state index in [1.165, 1.54) is 59.4 Å². The second kappa shape index (κ2) is 11.8. The van der Waals surface area contributed by atoms with Gasteiger partial charge in [-0.15, -0.1) is 0 Å². The second-order valence-corrected chi connectivity index (χ2v) is 12.3. The molecule has 2 fully saturated rings. The van der Waals surface area contributed by atoms with Crippen LogP contribution in [0.5, 0.6) is 0 Å². The van der Waals surface area contributed by atoms with Crippen LogP contribution in [-0.2, 0) is 25.6 Å². The predicted molar refractivity (Wildman–Crippen MR) is 173 cm³/mol. The summed E-state index contributed by atoms with van der Waals surface area (Å²) in [7, 11) is 0. The number of aromatic nitrogens is 1. The zero-order valence-electron chi connectivity index (χ0n) is 24.9. The van der Waals surface area contributed by atoms with Crippen molar-refractivity contribution in [3.63, 3.8) is 0 Å². The van der Waals surface area contributed by atoms with E-state index in [-0.39, 0.29) is 0 Å². The maximum atomic E-state index is 13.0. The van der Waals surface area contributed by atoms with Gasteiger partial charge in [0.05, 0.1) is 11.1 Å². The van der Waals surface area contributed by atoms with Gasteiger partial charge in [-0.2, -0.15) is 13.2 Å². The molecule has 1 aliphatic heterocycles. The van der Waals surface area contributed by atoms with Crippen LogP contribution in [0.3, 0.4) is 0 Å². The molecule has 5 nitrogen and oxygen atoms in total. The van der Waals surface area contributed by atoms with Crippen LogP contribution in [-0.4, -0.2) is 36.1 Å². The number of alkyl halides is 3. The number of nitrogens with zero attached hydrogens (tertiary/aromatic N) is 3. The first-order chi connectivity index (χ1) is 21.3. The summed E-state index contributed by atoms with van der Waals surface area (Å²) in [5.41, 5.74) is 17.3. The summed E-state index contributed by atoms with van der Waals surface area (Å²) in [6.07, 6.45) is 3.42. The molecule has 1 saturated carbocycles. The van der Waals surface area contributed by atoms with Gasteiger partial charge >= 0.3 is 6.18 Å². The van der Waals surface area contributed by atoms with Crippen LogP contribution in [0, 0.1) is 0 Å². The minimum atomic E-state index is -4.31. The minimum absolute atomic E-state index is 0.607. The minimum Gasteiger partial charge on any atom is -0.398 e.